The number of hydrogen-bond acceptors (Lipinski definition) is 3. The Morgan fingerprint density at radius 2 is 1.70 bits per heavy atom. The molecule has 0 spiro atoms. The smallest absolute Gasteiger partial charge is 0.251 e. The van der Waals surface area contributed by atoms with E-state index in [9.17, 15) is 9.59 Å². The molecule has 0 bridgehead atoms. The molecule has 23 heavy (non-hydrogen) atoms. The maximum absolute atomic E-state index is 12.3. The van der Waals surface area contributed by atoms with Crippen LogP contribution >= 0.6 is 0 Å². The van der Waals surface area contributed by atoms with Gasteiger partial charge >= 0.3 is 0 Å². The van der Waals surface area contributed by atoms with Crippen molar-refractivity contribution in [1.29, 1.82) is 0 Å². The van der Waals surface area contributed by atoms with Crippen molar-refractivity contribution in [3.63, 3.8) is 0 Å². The second kappa shape index (κ2) is 7.45. The molecule has 0 saturated carbocycles. The summed E-state index contributed by atoms with van der Waals surface area (Å²) in [5.41, 5.74) is 3.12. The van der Waals surface area contributed by atoms with Crippen LogP contribution in [0.2, 0.25) is 0 Å². The summed E-state index contributed by atoms with van der Waals surface area (Å²) in [6.07, 6.45) is 0. The number of rotatable bonds is 5. The third kappa shape index (κ3) is 4.57. The average molecular weight is 311 g/mol. The highest BCUT2D eigenvalue weighted by Crippen LogP contribution is 2.14. The predicted octanol–water partition coefficient (Wildman–Crippen LogP) is 2.79. The Morgan fingerprint density at radius 1 is 1.00 bits per heavy atom. The zero-order valence-corrected chi connectivity index (χ0v) is 13.5. The lowest BCUT2D eigenvalue weighted by Gasteiger charge is -2.16. The summed E-state index contributed by atoms with van der Waals surface area (Å²) in [5, 5.41) is 8.55. The summed E-state index contributed by atoms with van der Waals surface area (Å²) >= 11 is 0. The maximum Gasteiger partial charge on any atom is 0.251 e. The zero-order chi connectivity index (χ0) is 16.8. The molecule has 5 nitrogen and oxygen atoms in total. The first-order valence-electron chi connectivity index (χ1n) is 7.46. The number of carbonyl (C=O) groups is 2. The molecular weight excluding hydrogens is 290 g/mol. The molecule has 0 radical (unpaired) electrons. The van der Waals surface area contributed by atoms with Crippen molar-refractivity contribution in [2.45, 2.75) is 19.9 Å². The number of anilines is 2. The van der Waals surface area contributed by atoms with Crippen LogP contribution in [0.3, 0.4) is 0 Å². The Morgan fingerprint density at radius 3 is 2.39 bits per heavy atom. The Balaban J connectivity index is 2.02. The molecule has 120 valence electrons. The molecule has 5 heteroatoms. The molecule has 2 aromatic rings. The number of hydrogen-bond donors (Lipinski definition) is 3. The van der Waals surface area contributed by atoms with E-state index in [1.54, 1.807) is 32.2 Å². The van der Waals surface area contributed by atoms with Crippen molar-refractivity contribution in [1.82, 2.24) is 5.32 Å². The van der Waals surface area contributed by atoms with Gasteiger partial charge in [0, 0.05) is 24.0 Å². The van der Waals surface area contributed by atoms with Crippen LogP contribution in [0.4, 0.5) is 11.4 Å². The minimum Gasteiger partial charge on any atom is -0.374 e. The molecule has 0 aliphatic heterocycles. The van der Waals surface area contributed by atoms with Crippen LogP contribution in [-0.2, 0) is 4.79 Å². The van der Waals surface area contributed by atoms with Gasteiger partial charge in [0.25, 0.3) is 5.91 Å². The molecule has 0 aliphatic carbocycles. The maximum atomic E-state index is 12.3. The highest BCUT2D eigenvalue weighted by atomic mass is 16.2. The van der Waals surface area contributed by atoms with Crippen molar-refractivity contribution in [2.24, 2.45) is 0 Å². The van der Waals surface area contributed by atoms with Crippen molar-refractivity contribution in [3.05, 3.63) is 59.7 Å². The number of amides is 2. The molecule has 0 aromatic heterocycles. The number of carbonyl (C=O) groups excluding carboxylic acids is 2. The first kappa shape index (κ1) is 16.5. The van der Waals surface area contributed by atoms with Crippen LogP contribution in [0.25, 0.3) is 0 Å². The summed E-state index contributed by atoms with van der Waals surface area (Å²) in [6.45, 7) is 3.75. The van der Waals surface area contributed by atoms with E-state index in [1.807, 2.05) is 37.3 Å². The van der Waals surface area contributed by atoms with Gasteiger partial charge in [0.1, 0.15) is 6.04 Å². The summed E-state index contributed by atoms with van der Waals surface area (Å²) in [7, 11) is 1.58. The van der Waals surface area contributed by atoms with Crippen molar-refractivity contribution < 1.29 is 9.59 Å². The fourth-order valence-corrected chi connectivity index (χ4v) is 2.18. The van der Waals surface area contributed by atoms with E-state index in [0.717, 1.165) is 16.9 Å². The lowest BCUT2D eigenvalue weighted by Crippen LogP contribution is -2.32. The van der Waals surface area contributed by atoms with Gasteiger partial charge in [-0.25, -0.2) is 0 Å². The van der Waals surface area contributed by atoms with Crippen LogP contribution in [0.15, 0.2) is 48.5 Å². The second-order valence-corrected chi connectivity index (χ2v) is 5.38. The summed E-state index contributed by atoms with van der Waals surface area (Å²) in [5.74, 6) is -0.300. The molecule has 1 unspecified atom stereocenters. The topological polar surface area (TPSA) is 70.2 Å². The average Bonchev–Trinajstić information content (AvgIpc) is 2.54. The van der Waals surface area contributed by atoms with Gasteiger partial charge in [0.05, 0.1) is 0 Å². The summed E-state index contributed by atoms with van der Waals surface area (Å²) < 4.78 is 0. The lowest BCUT2D eigenvalue weighted by atomic mass is 10.1. The van der Waals surface area contributed by atoms with E-state index in [2.05, 4.69) is 16.0 Å². The van der Waals surface area contributed by atoms with Gasteiger partial charge in [-0.3, -0.25) is 9.59 Å². The van der Waals surface area contributed by atoms with Crippen LogP contribution < -0.4 is 16.0 Å². The molecule has 3 N–H and O–H groups in total. The van der Waals surface area contributed by atoms with Crippen molar-refractivity contribution in [2.75, 3.05) is 17.7 Å². The fourth-order valence-electron chi connectivity index (χ4n) is 2.18. The summed E-state index contributed by atoms with van der Waals surface area (Å²) in [6, 6.07) is 14.2. The van der Waals surface area contributed by atoms with Crippen LogP contribution in [0.1, 0.15) is 22.8 Å². The van der Waals surface area contributed by atoms with Gasteiger partial charge in [-0.2, -0.15) is 0 Å². The second-order valence-electron chi connectivity index (χ2n) is 5.38. The monoisotopic (exact) mass is 311 g/mol. The van der Waals surface area contributed by atoms with Crippen LogP contribution in [-0.4, -0.2) is 24.9 Å². The van der Waals surface area contributed by atoms with Crippen LogP contribution in [0, 0.1) is 6.92 Å². The number of aryl methyl sites for hydroxylation is 1. The summed E-state index contributed by atoms with van der Waals surface area (Å²) in [4.78, 5) is 23.9. The quantitative estimate of drug-likeness (QED) is 0.795. The highest BCUT2D eigenvalue weighted by molar-refractivity contribution is 5.97. The highest BCUT2D eigenvalue weighted by Gasteiger charge is 2.13. The van der Waals surface area contributed by atoms with Gasteiger partial charge < -0.3 is 16.0 Å². The third-order valence-electron chi connectivity index (χ3n) is 3.41. The lowest BCUT2D eigenvalue weighted by molar-refractivity contribution is -0.116. The minimum atomic E-state index is -0.435. The molecule has 0 aliphatic rings. The van der Waals surface area contributed by atoms with Crippen LogP contribution in [0.5, 0.6) is 0 Å². The van der Waals surface area contributed by atoms with E-state index in [0.29, 0.717) is 5.56 Å². The van der Waals surface area contributed by atoms with Gasteiger partial charge in [-0.1, -0.05) is 18.2 Å². The first-order chi connectivity index (χ1) is 11.0. The largest absolute Gasteiger partial charge is 0.374 e. The standard InChI is InChI=1S/C18H21N3O2/c1-12-6-4-8-15(10-12)21-17(22)13(2)20-16-9-5-7-14(11-16)18(23)19-3/h4-11,13,20H,1-3H3,(H,19,23)(H,21,22). The Hall–Kier alpha value is -2.82. The Labute approximate surface area is 136 Å². The first-order valence-corrected chi connectivity index (χ1v) is 7.46. The molecule has 0 heterocycles. The molecule has 2 amide bonds. The van der Waals surface area contributed by atoms with Gasteiger partial charge in [0.15, 0.2) is 0 Å². The van der Waals surface area contributed by atoms with Gasteiger partial charge in [-0.15, -0.1) is 0 Å². The van der Waals surface area contributed by atoms with Crippen molar-refractivity contribution in [3.8, 4) is 0 Å². The van der Waals surface area contributed by atoms with E-state index in [-0.39, 0.29) is 11.8 Å². The Bertz CT molecular complexity index is 713. The SMILES string of the molecule is CNC(=O)c1cccc(NC(C)C(=O)Nc2cccc(C)c2)c1. The van der Waals surface area contributed by atoms with E-state index >= 15 is 0 Å². The van der Waals surface area contributed by atoms with E-state index in [1.165, 1.54) is 0 Å². The predicted molar refractivity (Wildman–Crippen MR) is 92.7 cm³/mol. The van der Waals surface area contributed by atoms with Crippen molar-refractivity contribution >= 4 is 23.2 Å². The van der Waals surface area contributed by atoms with E-state index in [4.69, 9.17) is 0 Å². The fraction of sp³-hybridized carbons (Fsp3) is 0.222. The molecule has 0 fully saturated rings. The zero-order valence-electron chi connectivity index (χ0n) is 13.5. The normalized spacial score (nSPS) is 11.4. The Kier molecular flexibility index (Phi) is 5.36. The molecule has 2 aromatic carbocycles. The number of benzene rings is 2. The van der Waals surface area contributed by atoms with Gasteiger partial charge in [0.2, 0.25) is 5.91 Å². The van der Waals surface area contributed by atoms with Gasteiger partial charge in [-0.05, 0) is 49.7 Å². The number of nitrogens with one attached hydrogen (secondary N) is 3. The minimum absolute atomic E-state index is 0.138. The third-order valence-corrected chi connectivity index (χ3v) is 3.41. The molecule has 1 atom stereocenters. The van der Waals surface area contributed by atoms with E-state index < -0.39 is 6.04 Å². The molecular formula is C18H21N3O2. The molecule has 0 saturated heterocycles. The molecule has 2 rings (SSSR count).